The first-order valence-electron chi connectivity index (χ1n) is 8.40. The minimum Gasteiger partial charge on any atom is -0.492 e. The summed E-state index contributed by atoms with van der Waals surface area (Å²) < 4.78 is 19.5. The highest BCUT2D eigenvalue weighted by atomic mass is 19.1. The number of halogens is 1. The lowest BCUT2D eigenvalue weighted by Gasteiger charge is -2.09. The standard InChI is InChI=1S/C20H18FN3O3/c21-16-6-8-17(9-7-16)27-13-12-22-20(26)18-10-11-19(25)24(23-18)14-15-4-2-1-3-5-15/h1-11H,12-14H2,(H,22,26). The molecule has 0 unspecified atom stereocenters. The molecule has 138 valence electrons. The molecular formula is C20H18FN3O3. The molecule has 3 aromatic rings. The van der Waals surface area contributed by atoms with Crippen LogP contribution in [0.25, 0.3) is 0 Å². The smallest absolute Gasteiger partial charge is 0.271 e. The molecular weight excluding hydrogens is 349 g/mol. The van der Waals surface area contributed by atoms with E-state index in [1.807, 2.05) is 30.3 Å². The maximum Gasteiger partial charge on any atom is 0.271 e. The molecule has 0 saturated carbocycles. The van der Waals surface area contributed by atoms with E-state index < -0.39 is 5.91 Å². The van der Waals surface area contributed by atoms with E-state index in [0.29, 0.717) is 5.75 Å². The van der Waals surface area contributed by atoms with Crippen LogP contribution in [-0.4, -0.2) is 28.8 Å². The minimum atomic E-state index is -0.403. The lowest BCUT2D eigenvalue weighted by Crippen LogP contribution is -2.32. The average molecular weight is 367 g/mol. The van der Waals surface area contributed by atoms with E-state index in [0.717, 1.165) is 5.56 Å². The van der Waals surface area contributed by atoms with E-state index in [-0.39, 0.29) is 36.8 Å². The van der Waals surface area contributed by atoms with E-state index in [1.54, 1.807) is 0 Å². The Morgan fingerprint density at radius 1 is 1.04 bits per heavy atom. The van der Waals surface area contributed by atoms with Gasteiger partial charge < -0.3 is 10.1 Å². The molecule has 3 rings (SSSR count). The Morgan fingerprint density at radius 3 is 2.52 bits per heavy atom. The number of nitrogens with one attached hydrogen (secondary N) is 1. The zero-order valence-corrected chi connectivity index (χ0v) is 14.5. The van der Waals surface area contributed by atoms with Crippen molar-refractivity contribution in [2.75, 3.05) is 13.2 Å². The maximum absolute atomic E-state index is 12.8. The van der Waals surface area contributed by atoms with E-state index >= 15 is 0 Å². The predicted molar refractivity (Wildman–Crippen MR) is 98.3 cm³/mol. The van der Waals surface area contributed by atoms with Crippen molar-refractivity contribution in [3.63, 3.8) is 0 Å². The van der Waals surface area contributed by atoms with Crippen molar-refractivity contribution in [3.05, 3.63) is 94.2 Å². The van der Waals surface area contributed by atoms with Crippen LogP contribution in [-0.2, 0) is 6.54 Å². The first-order chi connectivity index (χ1) is 13.1. The number of carbonyl (C=O) groups excluding carboxylic acids is 1. The van der Waals surface area contributed by atoms with Crippen molar-refractivity contribution >= 4 is 5.91 Å². The van der Waals surface area contributed by atoms with Crippen LogP contribution < -0.4 is 15.6 Å². The fraction of sp³-hybridized carbons (Fsp3) is 0.150. The van der Waals surface area contributed by atoms with Crippen molar-refractivity contribution < 1.29 is 13.9 Å². The number of benzene rings is 2. The summed E-state index contributed by atoms with van der Waals surface area (Å²) in [5, 5.41) is 6.80. The first kappa shape index (κ1) is 18.3. The molecule has 0 aliphatic rings. The van der Waals surface area contributed by atoms with Gasteiger partial charge in [0.1, 0.15) is 23.9 Å². The van der Waals surface area contributed by atoms with Crippen LogP contribution in [0.15, 0.2) is 71.5 Å². The Labute approximate surface area is 155 Å². The second kappa shape index (κ2) is 8.75. The van der Waals surface area contributed by atoms with Gasteiger partial charge in [0.25, 0.3) is 11.5 Å². The summed E-state index contributed by atoms with van der Waals surface area (Å²) in [4.78, 5) is 24.2. The quantitative estimate of drug-likeness (QED) is 0.650. The number of hydrogen-bond donors (Lipinski definition) is 1. The first-order valence-corrected chi connectivity index (χ1v) is 8.40. The molecule has 0 aliphatic heterocycles. The number of rotatable bonds is 7. The number of aromatic nitrogens is 2. The van der Waals surface area contributed by atoms with Crippen LogP contribution in [0.1, 0.15) is 16.1 Å². The molecule has 27 heavy (non-hydrogen) atoms. The number of hydrogen-bond acceptors (Lipinski definition) is 4. The van der Waals surface area contributed by atoms with E-state index in [9.17, 15) is 14.0 Å². The number of ether oxygens (including phenoxy) is 1. The summed E-state index contributed by atoms with van der Waals surface area (Å²) in [6.45, 7) is 0.755. The number of nitrogens with zero attached hydrogens (tertiary/aromatic N) is 2. The Bertz CT molecular complexity index is 956. The number of amides is 1. The van der Waals surface area contributed by atoms with Gasteiger partial charge in [0, 0.05) is 6.07 Å². The second-order valence-corrected chi connectivity index (χ2v) is 5.76. The summed E-state index contributed by atoms with van der Waals surface area (Å²) in [7, 11) is 0. The van der Waals surface area contributed by atoms with Gasteiger partial charge in [-0.15, -0.1) is 0 Å². The molecule has 7 heteroatoms. The molecule has 0 aliphatic carbocycles. The summed E-state index contributed by atoms with van der Waals surface area (Å²) in [6, 6.07) is 17.7. The minimum absolute atomic E-state index is 0.146. The SMILES string of the molecule is O=C(NCCOc1ccc(F)cc1)c1ccc(=O)n(Cc2ccccc2)n1. The van der Waals surface area contributed by atoms with Gasteiger partial charge in [0.2, 0.25) is 0 Å². The Kier molecular flexibility index (Phi) is 5.94. The van der Waals surface area contributed by atoms with Crippen LogP contribution in [0.4, 0.5) is 4.39 Å². The molecule has 1 N–H and O–H groups in total. The molecule has 1 heterocycles. The molecule has 0 saturated heterocycles. The summed E-state index contributed by atoms with van der Waals surface area (Å²) in [5.74, 6) is -0.230. The molecule has 0 spiro atoms. The van der Waals surface area contributed by atoms with Crippen LogP contribution in [0, 0.1) is 5.82 Å². The normalized spacial score (nSPS) is 10.4. The molecule has 0 fully saturated rings. The van der Waals surface area contributed by atoms with Gasteiger partial charge in [-0.3, -0.25) is 9.59 Å². The maximum atomic E-state index is 12.8. The average Bonchev–Trinajstić information content (AvgIpc) is 2.69. The van der Waals surface area contributed by atoms with Gasteiger partial charge in [-0.05, 0) is 35.9 Å². The zero-order chi connectivity index (χ0) is 19.1. The largest absolute Gasteiger partial charge is 0.492 e. The van der Waals surface area contributed by atoms with Crippen molar-refractivity contribution in [2.24, 2.45) is 0 Å². The van der Waals surface area contributed by atoms with Crippen LogP contribution in [0.2, 0.25) is 0 Å². The Hall–Kier alpha value is -3.48. The highest BCUT2D eigenvalue weighted by Gasteiger charge is 2.09. The van der Waals surface area contributed by atoms with Crippen LogP contribution in [0.3, 0.4) is 0 Å². The molecule has 0 bridgehead atoms. The third kappa shape index (κ3) is 5.24. The third-order valence-corrected chi connectivity index (χ3v) is 3.74. The predicted octanol–water partition coefficient (Wildman–Crippen LogP) is 2.24. The molecule has 1 aromatic heterocycles. The van der Waals surface area contributed by atoms with Crippen molar-refractivity contribution in [2.45, 2.75) is 6.54 Å². The van der Waals surface area contributed by atoms with Crippen molar-refractivity contribution in [1.29, 1.82) is 0 Å². The van der Waals surface area contributed by atoms with Gasteiger partial charge in [-0.2, -0.15) is 5.10 Å². The lowest BCUT2D eigenvalue weighted by atomic mass is 10.2. The molecule has 0 radical (unpaired) electrons. The summed E-state index contributed by atoms with van der Waals surface area (Å²) >= 11 is 0. The van der Waals surface area contributed by atoms with Crippen LogP contribution in [0.5, 0.6) is 5.75 Å². The number of carbonyl (C=O) groups is 1. The fourth-order valence-electron chi connectivity index (χ4n) is 2.39. The highest BCUT2D eigenvalue weighted by Crippen LogP contribution is 2.10. The monoisotopic (exact) mass is 367 g/mol. The second-order valence-electron chi connectivity index (χ2n) is 5.76. The van der Waals surface area contributed by atoms with E-state index in [1.165, 1.54) is 41.1 Å². The van der Waals surface area contributed by atoms with Gasteiger partial charge in [0.05, 0.1) is 13.1 Å². The topological polar surface area (TPSA) is 73.2 Å². The molecule has 0 atom stereocenters. The van der Waals surface area contributed by atoms with Gasteiger partial charge in [0.15, 0.2) is 0 Å². The summed E-state index contributed by atoms with van der Waals surface area (Å²) in [6.07, 6.45) is 0. The van der Waals surface area contributed by atoms with Gasteiger partial charge >= 0.3 is 0 Å². The van der Waals surface area contributed by atoms with Crippen molar-refractivity contribution in [3.8, 4) is 5.75 Å². The molecule has 2 aromatic carbocycles. The Morgan fingerprint density at radius 2 is 1.78 bits per heavy atom. The lowest BCUT2D eigenvalue weighted by molar-refractivity contribution is 0.0939. The molecule has 6 nitrogen and oxygen atoms in total. The van der Waals surface area contributed by atoms with E-state index in [4.69, 9.17) is 4.74 Å². The van der Waals surface area contributed by atoms with Gasteiger partial charge in [-0.25, -0.2) is 9.07 Å². The molecule has 1 amide bonds. The van der Waals surface area contributed by atoms with Gasteiger partial charge in [-0.1, -0.05) is 30.3 Å². The fourth-order valence-corrected chi connectivity index (χ4v) is 2.39. The van der Waals surface area contributed by atoms with Crippen LogP contribution >= 0.6 is 0 Å². The zero-order valence-electron chi connectivity index (χ0n) is 14.5. The van der Waals surface area contributed by atoms with Crippen molar-refractivity contribution in [1.82, 2.24) is 15.1 Å². The third-order valence-electron chi connectivity index (χ3n) is 3.74. The highest BCUT2D eigenvalue weighted by molar-refractivity contribution is 5.91. The summed E-state index contributed by atoms with van der Waals surface area (Å²) in [5.41, 5.74) is 0.778. The Balaban J connectivity index is 1.55. The van der Waals surface area contributed by atoms with E-state index in [2.05, 4.69) is 10.4 Å².